The maximum Gasteiger partial charge on any atom is 0.242 e. The molecule has 1 heterocycles. The van der Waals surface area contributed by atoms with Crippen molar-refractivity contribution < 1.29 is 8.42 Å². The van der Waals surface area contributed by atoms with Gasteiger partial charge in [0.2, 0.25) is 10.0 Å². The van der Waals surface area contributed by atoms with Gasteiger partial charge in [-0.05, 0) is 80.4 Å². The van der Waals surface area contributed by atoms with Gasteiger partial charge in [0.15, 0.2) is 0 Å². The van der Waals surface area contributed by atoms with Crippen molar-refractivity contribution in [2.45, 2.75) is 36.5 Å². The lowest BCUT2D eigenvalue weighted by Crippen LogP contribution is -2.37. The smallest absolute Gasteiger partial charge is 0.242 e. The molecule has 0 radical (unpaired) electrons. The van der Waals surface area contributed by atoms with Gasteiger partial charge in [0.05, 0.1) is 4.90 Å². The van der Waals surface area contributed by atoms with E-state index in [0.29, 0.717) is 11.4 Å². The first kappa shape index (κ1) is 24.6. The van der Waals surface area contributed by atoms with E-state index >= 15 is 0 Å². The molecule has 1 fully saturated rings. The van der Waals surface area contributed by atoms with E-state index in [0.717, 1.165) is 32.0 Å². The maximum atomic E-state index is 13.1. The predicted molar refractivity (Wildman–Crippen MR) is 139 cm³/mol. The van der Waals surface area contributed by atoms with Gasteiger partial charge in [-0.3, -0.25) is 0 Å². The van der Waals surface area contributed by atoms with Crippen LogP contribution in [0.1, 0.15) is 36.3 Å². The Labute approximate surface area is 205 Å². The average Bonchev–Trinajstić information content (AvgIpc) is 2.89. The van der Waals surface area contributed by atoms with Gasteiger partial charge in [-0.25, -0.2) is 12.7 Å². The van der Waals surface area contributed by atoms with Crippen LogP contribution >= 0.6 is 0 Å². The molecule has 0 aromatic heterocycles. The molecular weight excluding hydrogens is 440 g/mol. The molecule has 0 amide bonds. The number of hydrogen-bond acceptors (Lipinski definition) is 3. The van der Waals surface area contributed by atoms with Crippen LogP contribution in [0.15, 0.2) is 95.9 Å². The summed E-state index contributed by atoms with van der Waals surface area (Å²) < 4.78 is 27.7. The van der Waals surface area contributed by atoms with E-state index in [2.05, 4.69) is 47.4 Å². The van der Waals surface area contributed by atoms with Crippen LogP contribution in [-0.4, -0.2) is 50.8 Å². The summed E-state index contributed by atoms with van der Waals surface area (Å²) in [5.74, 6) is 0.914. The molecule has 0 N–H and O–H groups in total. The lowest BCUT2D eigenvalue weighted by atomic mass is 9.89. The van der Waals surface area contributed by atoms with Gasteiger partial charge in [0, 0.05) is 13.6 Å². The summed E-state index contributed by atoms with van der Waals surface area (Å²) in [6.45, 7) is 3.72. The molecule has 1 saturated heterocycles. The van der Waals surface area contributed by atoms with E-state index in [-0.39, 0.29) is 5.92 Å². The van der Waals surface area contributed by atoms with E-state index in [4.69, 9.17) is 0 Å². The number of likely N-dealkylation sites (N-methyl/N-ethyl adjacent to an activating group) is 1. The molecule has 1 atom stereocenters. The van der Waals surface area contributed by atoms with Crippen molar-refractivity contribution in [3.63, 3.8) is 0 Å². The lowest BCUT2D eigenvalue weighted by Gasteiger charge is -2.33. The number of hydrogen-bond donors (Lipinski definition) is 0. The van der Waals surface area contributed by atoms with Crippen molar-refractivity contribution in [3.8, 4) is 0 Å². The minimum Gasteiger partial charge on any atom is -0.303 e. The fourth-order valence-electron chi connectivity index (χ4n) is 4.97. The number of sulfonamides is 1. The molecule has 4 nitrogen and oxygen atoms in total. The third-order valence-corrected chi connectivity index (χ3v) is 8.91. The average molecular weight is 477 g/mol. The highest BCUT2D eigenvalue weighted by Crippen LogP contribution is 2.26. The maximum absolute atomic E-state index is 13.1. The Morgan fingerprint density at radius 2 is 1.41 bits per heavy atom. The molecule has 0 saturated carbocycles. The molecule has 0 spiro atoms. The van der Waals surface area contributed by atoms with Crippen molar-refractivity contribution in [2.75, 3.05) is 33.2 Å². The first-order valence-corrected chi connectivity index (χ1v) is 13.8. The fourth-order valence-corrected chi connectivity index (χ4v) is 6.21. The number of nitrogens with zero attached hydrogens (tertiary/aromatic N) is 2. The zero-order valence-electron chi connectivity index (χ0n) is 20.1. The summed E-state index contributed by atoms with van der Waals surface area (Å²) in [5.41, 5.74) is 2.64. The van der Waals surface area contributed by atoms with Crippen LogP contribution in [0.4, 0.5) is 0 Å². The number of rotatable bonds is 10. The second kappa shape index (κ2) is 11.8. The Balaban J connectivity index is 1.35. The summed E-state index contributed by atoms with van der Waals surface area (Å²) in [6.07, 6.45) is 4.58. The third kappa shape index (κ3) is 6.56. The van der Waals surface area contributed by atoms with Gasteiger partial charge in [-0.2, -0.15) is 0 Å². The molecule has 34 heavy (non-hydrogen) atoms. The van der Waals surface area contributed by atoms with E-state index < -0.39 is 10.0 Å². The van der Waals surface area contributed by atoms with Crippen LogP contribution in [0.3, 0.4) is 0 Å². The van der Waals surface area contributed by atoms with Crippen LogP contribution in [-0.2, 0) is 16.4 Å². The van der Waals surface area contributed by atoms with Crippen LogP contribution in [0.25, 0.3) is 0 Å². The molecule has 0 unspecified atom stereocenters. The minimum absolute atomic E-state index is 0.159. The highest BCUT2D eigenvalue weighted by atomic mass is 32.2. The summed E-state index contributed by atoms with van der Waals surface area (Å²) in [6, 6.07) is 29.9. The minimum atomic E-state index is -3.50. The molecule has 4 rings (SSSR count). The van der Waals surface area contributed by atoms with Gasteiger partial charge in [0.25, 0.3) is 0 Å². The number of likely N-dealkylation sites (tertiary alicyclic amines) is 1. The molecule has 180 valence electrons. The molecule has 1 aliphatic heterocycles. The van der Waals surface area contributed by atoms with Crippen LogP contribution in [0, 0.1) is 5.92 Å². The number of piperidine rings is 1. The highest BCUT2D eigenvalue weighted by molar-refractivity contribution is 7.89. The van der Waals surface area contributed by atoms with Crippen molar-refractivity contribution in [2.24, 2.45) is 5.92 Å². The van der Waals surface area contributed by atoms with Crippen molar-refractivity contribution in [1.29, 1.82) is 0 Å². The van der Waals surface area contributed by atoms with E-state index in [1.54, 1.807) is 31.3 Å². The van der Waals surface area contributed by atoms with Crippen LogP contribution in [0.2, 0.25) is 0 Å². The SMILES string of the molecule is CN(C[C@H](CCN1CCC(Cc2ccccc2)CC1)c1ccccc1)S(=O)(=O)c1ccccc1. The molecule has 3 aromatic carbocycles. The Kier molecular flexibility index (Phi) is 8.54. The van der Waals surface area contributed by atoms with Gasteiger partial charge in [-0.1, -0.05) is 78.9 Å². The Morgan fingerprint density at radius 3 is 2.03 bits per heavy atom. The monoisotopic (exact) mass is 476 g/mol. The zero-order chi connectivity index (χ0) is 23.8. The Bertz CT molecular complexity index is 1100. The topological polar surface area (TPSA) is 40.6 Å². The molecule has 3 aromatic rings. The van der Waals surface area contributed by atoms with E-state index in [9.17, 15) is 8.42 Å². The quantitative estimate of drug-likeness (QED) is 0.391. The lowest BCUT2D eigenvalue weighted by molar-refractivity contribution is 0.177. The molecule has 0 bridgehead atoms. The van der Waals surface area contributed by atoms with Gasteiger partial charge < -0.3 is 4.90 Å². The molecule has 1 aliphatic rings. The fraction of sp³-hybridized carbons (Fsp3) is 0.379. The number of benzene rings is 3. The van der Waals surface area contributed by atoms with Crippen LogP contribution in [0.5, 0.6) is 0 Å². The van der Waals surface area contributed by atoms with Crippen molar-refractivity contribution in [3.05, 3.63) is 102 Å². The van der Waals surface area contributed by atoms with Gasteiger partial charge >= 0.3 is 0 Å². The molecule has 0 aliphatic carbocycles. The van der Waals surface area contributed by atoms with Gasteiger partial charge in [-0.15, -0.1) is 0 Å². The second-order valence-corrected chi connectivity index (χ2v) is 11.5. The zero-order valence-corrected chi connectivity index (χ0v) is 20.9. The van der Waals surface area contributed by atoms with Crippen LogP contribution < -0.4 is 0 Å². The molecule has 5 heteroatoms. The second-order valence-electron chi connectivity index (χ2n) is 9.47. The first-order chi connectivity index (χ1) is 16.5. The highest BCUT2D eigenvalue weighted by Gasteiger charge is 2.26. The van der Waals surface area contributed by atoms with E-state index in [1.807, 2.05) is 24.3 Å². The predicted octanol–water partition coefficient (Wildman–Crippen LogP) is 5.44. The molecular formula is C29H36N2O2S. The Hall–Kier alpha value is -2.47. The third-order valence-electron chi connectivity index (χ3n) is 7.07. The standard InChI is InChI=1S/C29H36N2O2S/c1-30(34(32,33)29-15-9-4-10-16-29)24-28(27-13-7-3-8-14-27)19-22-31-20-17-26(18-21-31)23-25-11-5-2-6-12-25/h2-16,26,28H,17-24H2,1H3/t28-/m0/s1. The largest absolute Gasteiger partial charge is 0.303 e. The normalized spacial score (nSPS) is 16.5. The van der Waals surface area contributed by atoms with Crippen molar-refractivity contribution >= 4 is 10.0 Å². The van der Waals surface area contributed by atoms with E-state index in [1.165, 1.54) is 34.7 Å². The summed E-state index contributed by atoms with van der Waals surface area (Å²) in [7, 11) is -1.80. The summed E-state index contributed by atoms with van der Waals surface area (Å²) >= 11 is 0. The Morgan fingerprint density at radius 1 is 0.853 bits per heavy atom. The summed E-state index contributed by atoms with van der Waals surface area (Å²) in [5, 5.41) is 0. The van der Waals surface area contributed by atoms with Crippen molar-refractivity contribution in [1.82, 2.24) is 9.21 Å². The van der Waals surface area contributed by atoms with Gasteiger partial charge in [0.1, 0.15) is 0 Å². The summed E-state index contributed by atoms with van der Waals surface area (Å²) in [4.78, 5) is 2.91. The first-order valence-electron chi connectivity index (χ1n) is 12.3.